The van der Waals surface area contributed by atoms with Crippen molar-refractivity contribution in [1.29, 1.82) is 0 Å². The lowest BCUT2D eigenvalue weighted by Gasteiger charge is -2.11. The quantitative estimate of drug-likeness (QED) is 0.126. The third kappa shape index (κ3) is 6.54. The van der Waals surface area contributed by atoms with Crippen molar-refractivity contribution in [3.8, 4) is 5.75 Å². The molecule has 4 aromatic rings. The number of hydrazone groups is 1. The number of carbonyl (C=O) groups is 1. The lowest BCUT2D eigenvalue weighted by atomic mass is 10.0. The fourth-order valence-electron chi connectivity index (χ4n) is 3.37. The molecule has 0 fully saturated rings. The lowest BCUT2D eigenvalue weighted by Crippen LogP contribution is -2.19. The number of benzene rings is 4. The predicted octanol–water partition coefficient (Wildman–Crippen LogP) is 7.08. The second-order valence-corrected chi connectivity index (χ2v) is 10.6. The first-order valence-electron chi connectivity index (χ1n) is 10.1. The molecule has 0 radical (unpaired) electrons. The molecule has 0 bridgehead atoms. The van der Waals surface area contributed by atoms with E-state index < -0.39 is 0 Å². The molecule has 0 aliphatic carbocycles. The molecule has 0 aliphatic heterocycles. The van der Waals surface area contributed by atoms with E-state index in [9.17, 15) is 4.79 Å². The van der Waals surface area contributed by atoms with Gasteiger partial charge in [-0.2, -0.15) is 5.10 Å². The first-order chi connectivity index (χ1) is 16.0. The number of nitrogens with one attached hydrogen (secondary N) is 1. The topological polar surface area (TPSA) is 50.7 Å². The molecule has 4 nitrogen and oxygen atoms in total. The van der Waals surface area contributed by atoms with Gasteiger partial charge in [-0.25, -0.2) is 5.43 Å². The Kier molecular flexibility index (Phi) is 8.37. The Hall–Kier alpha value is -1.98. The van der Waals surface area contributed by atoms with Gasteiger partial charge in [-0.05, 0) is 96.9 Å². The van der Waals surface area contributed by atoms with E-state index in [1.165, 1.54) is 0 Å². The van der Waals surface area contributed by atoms with Crippen molar-refractivity contribution in [2.24, 2.45) is 5.10 Å². The van der Waals surface area contributed by atoms with Crippen LogP contribution in [-0.2, 0) is 17.8 Å². The Morgan fingerprint density at radius 1 is 0.970 bits per heavy atom. The predicted molar refractivity (Wildman–Crippen MR) is 154 cm³/mol. The van der Waals surface area contributed by atoms with Gasteiger partial charge in [-0.3, -0.25) is 4.79 Å². The molecule has 0 saturated carbocycles. The standard InChI is InChI=1S/C26H19BrI2N2O2/c27-21-10-8-17(9-11-21)16-33-26-23(28)12-18(13-24(26)29)15-30-31-25(32)14-20-6-3-5-19-4-1-2-7-22(19)20/h1-13,15H,14,16H2,(H,31,32)/b30-15-. The highest BCUT2D eigenvalue weighted by Gasteiger charge is 2.10. The van der Waals surface area contributed by atoms with Gasteiger partial charge in [0.05, 0.1) is 19.8 Å². The SMILES string of the molecule is O=C(Cc1cccc2ccccc12)N/N=C\c1cc(I)c(OCc2ccc(Br)cc2)c(I)c1. The maximum absolute atomic E-state index is 12.4. The average molecular weight is 725 g/mol. The smallest absolute Gasteiger partial charge is 0.244 e. The summed E-state index contributed by atoms with van der Waals surface area (Å²) in [7, 11) is 0. The minimum Gasteiger partial charge on any atom is -0.487 e. The summed E-state index contributed by atoms with van der Waals surface area (Å²) in [4.78, 5) is 12.4. The summed E-state index contributed by atoms with van der Waals surface area (Å²) in [6, 6.07) is 26.1. The number of ether oxygens (including phenoxy) is 1. The number of amides is 1. The van der Waals surface area contributed by atoms with Gasteiger partial charge in [0.25, 0.3) is 0 Å². The van der Waals surface area contributed by atoms with Crippen LogP contribution in [0.25, 0.3) is 10.8 Å². The number of hydrogen-bond acceptors (Lipinski definition) is 3. The zero-order valence-electron chi connectivity index (χ0n) is 17.4. The molecule has 33 heavy (non-hydrogen) atoms. The minimum absolute atomic E-state index is 0.151. The van der Waals surface area contributed by atoms with Crippen molar-refractivity contribution in [2.75, 3.05) is 0 Å². The number of hydrogen-bond donors (Lipinski definition) is 1. The van der Waals surface area contributed by atoms with Gasteiger partial charge in [0.15, 0.2) is 0 Å². The van der Waals surface area contributed by atoms with Crippen LogP contribution < -0.4 is 10.2 Å². The second-order valence-electron chi connectivity index (χ2n) is 7.34. The largest absolute Gasteiger partial charge is 0.487 e. The summed E-state index contributed by atoms with van der Waals surface area (Å²) >= 11 is 7.97. The highest BCUT2D eigenvalue weighted by atomic mass is 127. The number of halogens is 3. The van der Waals surface area contributed by atoms with Crippen LogP contribution in [0.2, 0.25) is 0 Å². The fraction of sp³-hybridized carbons (Fsp3) is 0.0769. The third-order valence-electron chi connectivity index (χ3n) is 4.95. The van der Waals surface area contributed by atoms with Gasteiger partial charge >= 0.3 is 0 Å². The molecule has 0 spiro atoms. The average Bonchev–Trinajstić information content (AvgIpc) is 2.80. The Labute approximate surface area is 228 Å². The van der Waals surface area contributed by atoms with Crippen molar-refractivity contribution in [3.63, 3.8) is 0 Å². The maximum atomic E-state index is 12.4. The highest BCUT2D eigenvalue weighted by Crippen LogP contribution is 2.29. The van der Waals surface area contributed by atoms with Crippen molar-refractivity contribution < 1.29 is 9.53 Å². The van der Waals surface area contributed by atoms with Crippen molar-refractivity contribution in [2.45, 2.75) is 13.0 Å². The molecule has 1 N–H and O–H groups in total. The Morgan fingerprint density at radius 3 is 2.42 bits per heavy atom. The van der Waals surface area contributed by atoms with E-state index in [4.69, 9.17) is 4.74 Å². The number of fused-ring (bicyclic) bond motifs is 1. The number of rotatable bonds is 7. The van der Waals surface area contributed by atoms with Crippen LogP contribution in [0.5, 0.6) is 5.75 Å². The van der Waals surface area contributed by atoms with Gasteiger partial charge in [0.2, 0.25) is 5.91 Å². The highest BCUT2D eigenvalue weighted by molar-refractivity contribution is 14.1. The summed E-state index contributed by atoms with van der Waals surface area (Å²) in [5.74, 6) is 0.692. The molecule has 4 aromatic carbocycles. The summed E-state index contributed by atoms with van der Waals surface area (Å²) in [6.45, 7) is 0.497. The zero-order valence-corrected chi connectivity index (χ0v) is 23.3. The van der Waals surface area contributed by atoms with Gasteiger partial charge in [0, 0.05) is 4.47 Å². The molecule has 4 rings (SSSR count). The third-order valence-corrected chi connectivity index (χ3v) is 7.08. The van der Waals surface area contributed by atoms with Crippen LogP contribution >= 0.6 is 61.1 Å². The molecule has 0 saturated heterocycles. The van der Waals surface area contributed by atoms with Crippen LogP contribution in [0.4, 0.5) is 0 Å². The molecule has 1 amide bonds. The van der Waals surface area contributed by atoms with Crippen LogP contribution in [0.15, 0.2) is 88.4 Å². The first kappa shape index (κ1) is 24.2. The van der Waals surface area contributed by atoms with Crippen molar-refractivity contribution >= 4 is 84.0 Å². The normalized spacial score (nSPS) is 11.1. The summed E-state index contributed by atoms with van der Waals surface area (Å²) in [6.07, 6.45) is 1.93. The Morgan fingerprint density at radius 2 is 1.67 bits per heavy atom. The molecule has 0 aliphatic rings. The summed E-state index contributed by atoms with van der Waals surface area (Å²) in [5.41, 5.74) is 5.62. The minimum atomic E-state index is -0.151. The number of nitrogens with zero attached hydrogens (tertiary/aromatic N) is 1. The van der Waals surface area contributed by atoms with Gasteiger partial charge < -0.3 is 4.74 Å². The maximum Gasteiger partial charge on any atom is 0.244 e. The fourth-order valence-corrected chi connectivity index (χ4v) is 5.76. The van der Waals surface area contributed by atoms with Crippen LogP contribution in [-0.4, -0.2) is 12.1 Å². The summed E-state index contributed by atoms with van der Waals surface area (Å²) in [5, 5.41) is 6.36. The van der Waals surface area contributed by atoms with Crippen LogP contribution in [0, 0.1) is 7.14 Å². The molecule has 0 atom stereocenters. The molecule has 166 valence electrons. The Balaban J connectivity index is 1.37. The van der Waals surface area contributed by atoms with E-state index in [0.717, 1.165) is 44.8 Å². The molecular weight excluding hydrogens is 706 g/mol. The first-order valence-corrected chi connectivity index (χ1v) is 13.1. The van der Waals surface area contributed by atoms with E-state index in [1.807, 2.05) is 78.9 Å². The molecular formula is C26H19BrI2N2O2. The van der Waals surface area contributed by atoms with E-state index in [2.05, 4.69) is 71.6 Å². The van der Waals surface area contributed by atoms with E-state index in [0.29, 0.717) is 6.61 Å². The number of carbonyl (C=O) groups excluding carboxylic acids is 1. The summed E-state index contributed by atoms with van der Waals surface area (Å²) < 4.78 is 9.07. The molecule has 0 unspecified atom stereocenters. The molecule has 7 heteroatoms. The van der Waals surface area contributed by atoms with Crippen LogP contribution in [0.3, 0.4) is 0 Å². The lowest BCUT2D eigenvalue weighted by molar-refractivity contribution is -0.120. The second kappa shape index (κ2) is 11.4. The van der Waals surface area contributed by atoms with E-state index in [1.54, 1.807) is 6.21 Å². The Bertz CT molecular complexity index is 1300. The van der Waals surface area contributed by atoms with Gasteiger partial charge in [-0.1, -0.05) is 70.5 Å². The molecule has 0 heterocycles. The monoisotopic (exact) mass is 724 g/mol. The van der Waals surface area contributed by atoms with Crippen LogP contribution in [0.1, 0.15) is 16.7 Å². The van der Waals surface area contributed by atoms with Gasteiger partial charge in [0.1, 0.15) is 12.4 Å². The van der Waals surface area contributed by atoms with Crippen molar-refractivity contribution in [1.82, 2.24) is 5.43 Å². The zero-order chi connectivity index (χ0) is 23.2. The van der Waals surface area contributed by atoms with Crippen molar-refractivity contribution in [3.05, 3.63) is 107 Å². The molecule has 0 aromatic heterocycles. The van der Waals surface area contributed by atoms with Gasteiger partial charge in [-0.15, -0.1) is 0 Å². The van der Waals surface area contributed by atoms with E-state index >= 15 is 0 Å². The van der Waals surface area contributed by atoms with E-state index in [-0.39, 0.29) is 12.3 Å².